The Morgan fingerprint density at radius 3 is 2.00 bits per heavy atom. The van der Waals surface area contributed by atoms with E-state index >= 15 is 0 Å². The van der Waals surface area contributed by atoms with E-state index in [9.17, 15) is 4.39 Å². The van der Waals surface area contributed by atoms with Gasteiger partial charge in [-0.2, -0.15) is 0 Å². The molecule has 0 saturated heterocycles. The topological polar surface area (TPSA) is 20.2 Å². The summed E-state index contributed by atoms with van der Waals surface area (Å²) in [5.41, 5.74) is 0. The molecular formula is C6H15FNO+. The minimum atomic E-state index is -0.801. The second-order valence-electron chi connectivity index (χ2n) is 3.28. The lowest BCUT2D eigenvalue weighted by Crippen LogP contribution is -2.42. The first-order valence-electron chi connectivity index (χ1n) is 3.00. The minimum absolute atomic E-state index is 0.469. The van der Waals surface area contributed by atoms with Crippen LogP contribution in [0.25, 0.3) is 0 Å². The van der Waals surface area contributed by atoms with Gasteiger partial charge in [0.2, 0.25) is 0 Å². The number of hydrogen-bond donors (Lipinski definition) is 1. The third kappa shape index (κ3) is 5.73. The zero-order valence-electron chi connectivity index (χ0n) is 6.26. The molecule has 1 N–H and O–H groups in total. The highest BCUT2D eigenvalue weighted by Crippen LogP contribution is 1.94. The highest BCUT2D eigenvalue weighted by molar-refractivity contribution is 4.47. The van der Waals surface area contributed by atoms with Gasteiger partial charge in [0.25, 0.3) is 0 Å². The van der Waals surface area contributed by atoms with E-state index in [1.54, 1.807) is 0 Å². The molecule has 56 valence electrons. The molecule has 3 heteroatoms. The molecule has 0 aliphatic rings. The molecule has 0 heterocycles. The van der Waals surface area contributed by atoms with Crippen molar-refractivity contribution < 1.29 is 14.0 Å². The molecule has 0 bridgehead atoms. The van der Waals surface area contributed by atoms with Crippen LogP contribution in [0.4, 0.5) is 4.39 Å². The van der Waals surface area contributed by atoms with Crippen molar-refractivity contribution in [2.24, 2.45) is 0 Å². The van der Waals surface area contributed by atoms with E-state index in [0.29, 0.717) is 11.0 Å². The van der Waals surface area contributed by atoms with E-state index in [0.717, 1.165) is 0 Å². The molecule has 0 aromatic rings. The van der Waals surface area contributed by atoms with E-state index in [2.05, 4.69) is 0 Å². The third-order valence-electron chi connectivity index (χ3n) is 0.937. The highest BCUT2D eigenvalue weighted by atomic mass is 19.1. The second kappa shape index (κ2) is 3.13. The van der Waals surface area contributed by atoms with Crippen molar-refractivity contribution in [2.45, 2.75) is 6.10 Å². The molecule has 9 heavy (non-hydrogen) atoms. The van der Waals surface area contributed by atoms with Crippen LogP contribution in [0.1, 0.15) is 0 Å². The van der Waals surface area contributed by atoms with Gasteiger partial charge < -0.3 is 9.59 Å². The van der Waals surface area contributed by atoms with Crippen LogP contribution >= 0.6 is 0 Å². The molecule has 1 unspecified atom stereocenters. The number of quaternary nitrogens is 1. The van der Waals surface area contributed by atoms with Crippen LogP contribution in [0.3, 0.4) is 0 Å². The molecular weight excluding hydrogens is 121 g/mol. The summed E-state index contributed by atoms with van der Waals surface area (Å²) in [7, 11) is 5.75. The lowest BCUT2D eigenvalue weighted by molar-refractivity contribution is -0.873. The van der Waals surface area contributed by atoms with Gasteiger partial charge in [-0.3, -0.25) is 0 Å². The van der Waals surface area contributed by atoms with Gasteiger partial charge in [-0.15, -0.1) is 0 Å². The van der Waals surface area contributed by atoms with E-state index < -0.39 is 12.8 Å². The summed E-state index contributed by atoms with van der Waals surface area (Å²) in [5.74, 6) is 0. The number of rotatable bonds is 3. The van der Waals surface area contributed by atoms with Gasteiger partial charge in [0.05, 0.1) is 21.1 Å². The van der Waals surface area contributed by atoms with Crippen LogP contribution < -0.4 is 0 Å². The van der Waals surface area contributed by atoms with Crippen molar-refractivity contribution in [3.05, 3.63) is 0 Å². The van der Waals surface area contributed by atoms with E-state index in [4.69, 9.17) is 5.11 Å². The number of alkyl halides is 1. The molecule has 0 aliphatic heterocycles. The summed E-state index contributed by atoms with van der Waals surface area (Å²) in [5, 5.41) is 8.80. The zero-order valence-corrected chi connectivity index (χ0v) is 6.26. The minimum Gasteiger partial charge on any atom is -0.384 e. The molecule has 0 fully saturated rings. The Hall–Kier alpha value is -0.150. The Kier molecular flexibility index (Phi) is 3.08. The number of halogens is 1. The van der Waals surface area contributed by atoms with Crippen molar-refractivity contribution in [3.8, 4) is 0 Å². The zero-order chi connectivity index (χ0) is 7.49. The fourth-order valence-corrected chi connectivity index (χ4v) is 0.681. The summed E-state index contributed by atoms with van der Waals surface area (Å²) in [6.07, 6.45) is -0.801. The molecule has 1 atom stereocenters. The predicted molar refractivity (Wildman–Crippen MR) is 34.9 cm³/mol. The highest BCUT2D eigenvalue weighted by Gasteiger charge is 2.13. The van der Waals surface area contributed by atoms with Crippen molar-refractivity contribution in [2.75, 3.05) is 34.4 Å². The molecule has 0 saturated carbocycles. The van der Waals surface area contributed by atoms with Gasteiger partial charge in [-0.25, -0.2) is 4.39 Å². The molecule has 0 radical (unpaired) electrons. The van der Waals surface area contributed by atoms with Crippen molar-refractivity contribution in [1.82, 2.24) is 0 Å². The van der Waals surface area contributed by atoms with E-state index in [-0.39, 0.29) is 0 Å². The maximum Gasteiger partial charge on any atom is 0.131 e. The van der Waals surface area contributed by atoms with Gasteiger partial charge >= 0.3 is 0 Å². The van der Waals surface area contributed by atoms with Crippen LogP contribution in [0, 0.1) is 0 Å². The third-order valence-corrected chi connectivity index (χ3v) is 0.937. The van der Waals surface area contributed by atoms with Crippen LogP contribution in [0.2, 0.25) is 0 Å². The Bertz CT molecular complexity index is 79.6. The standard InChI is InChI=1S/C6H15FNO/c1-8(2,3)5-6(9)4-7/h6,9H,4-5H2,1-3H3/q+1. The maximum absolute atomic E-state index is 11.7. The van der Waals surface area contributed by atoms with Crippen LogP contribution in [-0.2, 0) is 0 Å². The first-order chi connectivity index (χ1) is 3.95. The van der Waals surface area contributed by atoms with Gasteiger partial charge in [-0.1, -0.05) is 0 Å². The normalized spacial score (nSPS) is 15.7. The average molecular weight is 136 g/mol. The summed E-state index contributed by atoms with van der Waals surface area (Å²) < 4.78 is 12.3. The number of likely N-dealkylation sites (N-methyl/N-ethyl adjacent to an activating group) is 1. The van der Waals surface area contributed by atoms with Gasteiger partial charge in [0, 0.05) is 0 Å². The summed E-state index contributed by atoms with van der Waals surface area (Å²) >= 11 is 0. The Morgan fingerprint density at radius 1 is 1.44 bits per heavy atom. The smallest absolute Gasteiger partial charge is 0.131 e. The monoisotopic (exact) mass is 136 g/mol. The Labute approximate surface area is 55.5 Å². The van der Waals surface area contributed by atoms with Crippen molar-refractivity contribution >= 4 is 0 Å². The fraction of sp³-hybridized carbons (Fsp3) is 1.00. The maximum atomic E-state index is 11.7. The van der Waals surface area contributed by atoms with E-state index in [1.165, 1.54) is 0 Å². The quantitative estimate of drug-likeness (QED) is 0.542. The lowest BCUT2D eigenvalue weighted by atomic mass is 10.3. The first kappa shape index (κ1) is 8.85. The molecule has 0 spiro atoms. The summed E-state index contributed by atoms with van der Waals surface area (Å²) in [6, 6.07) is 0. The van der Waals surface area contributed by atoms with Crippen LogP contribution in [0.15, 0.2) is 0 Å². The van der Waals surface area contributed by atoms with Crippen molar-refractivity contribution in [3.63, 3.8) is 0 Å². The van der Waals surface area contributed by atoms with Crippen molar-refractivity contribution in [1.29, 1.82) is 0 Å². The Morgan fingerprint density at radius 2 is 1.89 bits per heavy atom. The molecule has 2 nitrogen and oxygen atoms in total. The fourth-order valence-electron chi connectivity index (χ4n) is 0.681. The average Bonchev–Trinajstić information content (AvgIpc) is 1.62. The van der Waals surface area contributed by atoms with Gasteiger partial charge in [-0.05, 0) is 0 Å². The second-order valence-corrected chi connectivity index (χ2v) is 3.28. The van der Waals surface area contributed by atoms with Gasteiger partial charge in [0.15, 0.2) is 0 Å². The molecule has 0 amide bonds. The SMILES string of the molecule is C[N+](C)(C)CC(O)CF. The number of aliphatic hydroxyl groups is 1. The first-order valence-corrected chi connectivity index (χ1v) is 3.00. The van der Waals surface area contributed by atoms with Crippen LogP contribution in [0.5, 0.6) is 0 Å². The van der Waals surface area contributed by atoms with E-state index in [1.807, 2.05) is 21.1 Å². The number of nitrogens with zero attached hydrogens (tertiary/aromatic N) is 1. The number of aliphatic hydroxyl groups excluding tert-OH is 1. The van der Waals surface area contributed by atoms with Crippen LogP contribution in [-0.4, -0.2) is 50.1 Å². The Balaban J connectivity index is 3.47. The molecule has 0 aliphatic carbocycles. The van der Waals surface area contributed by atoms with Gasteiger partial charge in [0.1, 0.15) is 19.3 Å². The largest absolute Gasteiger partial charge is 0.384 e. The number of hydrogen-bond acceptors (Lipinski definition) is 1. The lowest BCUT2D eigenvalue weighted by Gasteiger charge is -2.25. The molecule has 0 rings (SSSR count). The summed E-state index contributed by atoms with van der Waals surface area (Å²) in [6.45, 7) is -0.175. The summed E-state index contributed by atoms with van der Waals surface area (Å²) in [4.78, 5) is 0. The predicted octanol–water partition coefficient (Wildman–Crippen LogP) is 0.0230. The molecule has 0 aromatic carbocycles. The molecule has 0 aromatic heterocycles.